The highest BCUT2D eigenvalue weighted by Crippen LogP contribution is 2.30. The molecular weight excluding hydrogens is 306 g/mol. The second kappa shape index (κ2) is 13.1. The molecule has 1 saturated heterocycles. The van der Waals surface area contributed by atoms with Gasteiger partial charge in [-0.05, 0) is 37.8 Å². The molecule has 1 fully saturated rings. The van der Waals surface area contributed by atoms with Gasteiger partial charge in [0.1, 0.15) is 5.75 Å². The second-order valence-corrected chi connectivity index (χ2v) is 7.55. The zero-order valence-electron chi connectivity index (χ0n) is 16.5. The largest absolute Gasteiger partial charge is 0.491 e. The Hall–Kier alpha value is -1.18. The van der Waals surface area contributed by atoms with Crippen molar-refractivity contribution in [1.29, 1.82) is 0 Å². The number of ether oxygens (including phenoxy) is 1. The van der Waals surface area contributed by atoms with Crippen LogP contribution in [0.2, 0.25) is 0 Å². The van der Waals surface area contributed by atoms with Gasteiger partial charge in [0.2, 0.25) is 0 Å². The molecule has 2 heteroatoms. The van der Waals surface area contributed by atoms with E-state index in [1.165, 1.54) is 102 Å². The van der Waals surface area contributed by atoms with Gasteiger partial charge in [-0.25, -0.2) is 0 Å². The third kappa shape index (κ3) is 8.16. The van der Waals surface area contributed by atoms with Crippen LogP contribution in [-0.4, -0.2) is 19.7 Å². The third-order valence-corrected chi connectivity index (χ3v) is 5.32. The highest BCUT2D eigenvalue weighted by Gasteiger charge is 2.14. The van der Waals surface area contributed by atoms with E-state index in [4.69, 9.17) is 4.74 Å². The van der Waals surface area contributed by atoms with Gasteiger partial charge in [-0.15, -0.1) is 0 Å². The molecule has 0 atom stereocenters. The number of hydrogen-bond acceptors (Lipinski definition) is 2. The molecule has 1 aromatic carbocycles. The van der Waals surface area contributed by atoms with Crippen LogP contribution in [0.15, 0.2) is 24.3 Å². The van der Waals surface area contributed by atoms with Crippen molar-refractivity contribution in [2.24, 2.45) is 0 Å². The molecule has 0 aromatic heterocycles. The Bertz CT molecular complexity index is 439. The minimum atomic E-state index is 0.862. The molecular formula is C23H39NO. The number of benzene rings is 1. The van der Waals surface area contributed by atoms with E-state index in [0.29, 0.717) is 0 Å². The van der Waals surface area contributed by atoms with Gasteiger partial charge in [-0.1, -0.05) is 76.8 Å². The summed E-state index contributed by atoms with van der Waals surface area (Å²) < 4.78 is 6.12. The van der Waals surface area contributed by atoms with E-state index < -0.39 is 0 Å². The van der Waals surface area contributed by atoms with Crippen LogP contribution in [0.25, 0.3) is 0 Å². The Kier molecular flexibility index (Phi) is 10.5. The van der Waals surface area contributed by atoms with E-state index >= 15 is 0 Å². The molecule has 0 amide bonds. The zero-order chi connectivity index (χ0) is 17.6. The van der Waals surface area contributed by atoms with Gasteiger partial charge in [-0.3, -0.25) is 0 Å². The summed E-state index contributed by atoms with van der Waals surface area (Å²) in [5.74, 6) is 1.08. The zero-order valence-corrected chi connectivity index (χ0v) is 16.5. The highest BCUT2D eigenvalue weighted by molar-refractivity contribution is 5.58. The summed E-state index contributed by atoms with van der Waals surface area (Å²) in [6.45, 7) is 5.51. The first-order valence-electron chi connectivity index (χ1n) is 10.9. The molecule has 1 aromatic rings. The maximum atomic E-state index is 6.12. The van der Waals surface area contributed by atoms with Crippen LogP contribution in [0, 0.1) is 0 Å². The lowest BCUT2D eigenvalue weighted by molar-refractivity contribution is 0.304. The van der Waals surface area contributed by atoms with E-state index in [9.17, 15) is 0 Å². The first kappa shape index (κ1) is 20.1. The number of nitrogens with zero attached hydrogens (tertiary/aromatic N) is 1. The summed E-state index contributed by atoms with van der Waals surface area (Å²) in [4.78, 5) is 2.50. The van der Waals surface area contributed by atoms with Crippen LogP contribution in [0.4, 0.5) is 5.69 Å². The number of unbranched alkanes of at least 4 members (excludes halogenated alkanes) is 9. The smallest absolute Gasteiger partial charge is 0.142 e. The maximum absolute atomic E-state index is 6.12. The quantitative estimate of drug-likeness (QED) is 0.358. The molecule has 0 radical (unpaired) electrons. The molecule has 1 aliphatic rings. The Morgan fingerprint density at radius 1 is 0.760 bits per heavy atom. The van der Waals surface area contributed by atoms with Crippen molar-refractivity contribution in [2.45, 2.75) is 90.4 Å². The normalized spacial score (nSPS) is 14.7. The number of para-hydroxylation sites is 2. The third-order valence-electron chi connectivity index (χ3n) is 5.32. The summed E-state index contributed by atoms with van der Waals surface area (Å²) in [7, 11) is 0. The van der Waals surface area contributed by atoms with Gasteiger partial charge in [0.15, 0.2) is 0 Å². The fourth-order valence-corrected chi connectivity index (χ4v) is 3.75. The fraction of sp³-hybridized carbons (Fsp3) is 0.739. The minimum absolute atomic E-state index is 0.862. The summed E-state index contributed by atoms with van der Waals surface area (Å²) >= 11 is 0. The lowest BCUT2D eigenvalue weighted by Crippen LogP contribution is -2.29. The van der Waals surface area contributed by atoms with Crippen molar-refractivity contribution in [3.8, 4) is 5.75 Å². The predicted octanol–water partition coefficient (Wildman–Crippen LogP) is 6.98. The Morgan fingerprint density at radius 2 is 1.36 bits per heavy atom. The average molecular weight is 346 g/mol. The first-order chi connectivity index (χ1) is 12.4. The van der Waals surface area contributed by atoms with Crippen LogP contribution in [-0.2, 0) is 0 Å². The average Bonchev–Trinajstić information content (AvgIpc) is 2.67. The van der Waals surface area contributed by atoms with Crippen molar-refractivity contribution in [3.63, 3.8) is 0 Å². The lowest BCUT2D eigenvalue weighted by atomic mass is 10.1. The molecule has 0 spiro atoms. The molecule has 0 bridgehead atoms. The maximum Gasteiger partial charge on any atom is 0.142 e. The molecule has 142 valence electrons. The number of anilines is 1. The van der Waals surface area contributed by atoms with Gasteiger partial charge in [0.25, 0.3) is 0 Å². The van der Waals surface area contributed by atoms with E-state index in [1.807, 2.05) is 0 Å². The molecule has 0 unspecified atom stereocenters. The van der Waals surface area contributed by atoms with E-state index in [-0.39, 0.29) is 0 Å². The Balaban J connectivity index is 1.55. The number of rotatable bonds is 13. The second-order valence-electron chi connectivity index (χ2n) is 7.55. The van der Waals surface area contributed by atoms with Crippen molar-refractivity contribution < 1.29 is 4.74 Å². The molecule has 2 rings (SSSR count). The molecule has 0 aliphatic carbocycles. The Morgan fingerprint density at radius 3 is 2.04 bits per heavy atom. The van der Waals surface area contributed by atoms with Gasteiger partial charge in [-0.2, -0.15) is 0 Å². The van der Waals surface area contributed by atoms with Crippen molar-refractivity contribution in [2.75, 3.05) is 24.6 Å². The van der Waals surface area contributed by atoms with Gasteiger partial charge >= 0.3 is 0 Å². The Labute approximate surface area is 156 Å². The van der Waals surface area contributed by atoms with Crippen LogP contribution in [0.5, 0.6) is 5.75 Å². The first-order valence-corrected chi connectivity index (χ1v) is 10.9. The molecule has 0 saturated carbocycles. The van der Waals surface area contributed by atoms with Crippen molar-refractivity contribution >= 4 is 5.69 Å². The van der Waals surface area contributed by atoms with Crippen LogP contribution < -0.4 is 9.64 Å². The molecule has 1 aliphatic heterocycles. The number of hydrogen-bond donors (Lipinski definition) is 0. The van der Waals surface area contributed by atoms with E-state index in [2.05, 4.69) is 36.1 Å². The van der Waals surface area contributed by atoms with Crippen LogP contribution in [0.3, 0.4) is 0 Å². The van der Waals surface area contributed by atoms with Gasteiger partial charge < -0.3 is 9.64 Å². The van der Waals surface area contributed by atoms with E-state index in [1.54, 1.807) is 0 Å². The fourth-order valence-electron chi connectivity index (χ4n) is 3.75. The number of piperidine rings is 1. The molecule has 1 heterocycles. The van der Waals surface area contributed by atoms with Crippen LogP contribution in [0.1, 0.15) is 90.4 Å². The van der Waals surface area contributed by atoms with Gasteiger partial charge in [0.05, 0.1) is 12.3 Å². The standard InChI is InChI=1S/C23H39NO/c1-2-3-4-5-6-7-8-9-10-16-21-25-23-18-13-12-17-22(23)24-19-14-11-15-20-24/h12-13,17-18H,2-11,14-16,19-21H2,1H3. The van der Waals surface area contributed by atoms with Crippen molar-refractivity contribution in [3.05, 3.63) is 24.3 Å². The van der Waals surface area contributed by atoms with Crippen molar-refractivity contribution in [1.82, 2.24) is 0 Å². The van der Waals surface area contributed by atoms with E-state index in [0.717, 1.165) is 12.4 Å². The predicted molar refractivity (Wildman–Crippen MR) is 110 cm³/mol. The monoisotopic (exact) mass is 345 g/mol. The molecule has 25 heavy (non-hydrogen) atoms. The summed E-state index contributed by atoms with van der Waals surface area (Å²) in [5, 5.41) is 0. The highest BCUT2D eigenvalue weighted by atomic mass is 16.5. The summed E-state index contributed by atoms with van der Waals surface area (Å²) in [5.41, 5.74) is 1.30. The minimum Gasteiger partial charge on any atom is -0.491 e. The summed E-state index contributed by atoms with van der Waals surface area (Å²) in [6.07, 6.45) is 17.7. The topological polar surface area (TPSA) is 12.5 Å². The lowest BCUT2D eigenvalue weighted by Gasteiger charge is -2.30. The summed E-state index contributed by atoms with van der Waals surface area (Å²) in [6, 6.07) is 8.60. The molecule has 0 N–H and O–H groups in total. The SMILES string of the molecule is CCCCCCCCCCCCOc1ccccc1N1CCCCC1. The van der Waals surface area contributed by atoms with Crippen LogP contribution >= 0.6 is 0 Å². The molecule has 2 nitrogen and oxygen atoms in total. The van der Waals surface area contributed by atoms with Gasteiger partial charge in [0, 0.05) is 13.1 Å².